The fourth-order valence-electron chi connectivity index (χ4n) is 4.82. The van der Waals surface area contributed by atoms with Gasteiger partial charge in [0.05, 0.1) is 19.3 Å². The third kappa shape index (κ3) is 9.60. The van der Waals surface area contributed by atoms with Gasteiger partial charge >= 0.3 is 0 Å². The van der Waals surface area contributed by atoms with E-state index >= 15 is 0 Å². The van der Waals surface area contributed by atoms with Crippen LogP contribution in [0.2, 0.25) is 0 Å². The lowest BCUT2D eigenvalue weighted by atomic mass is 10.00. The fraction of sp³-hybridized carbons (Fsp3) is 0.344. The molecule has 10 heteroatoms. The van der Waals surface area contributed by atoms with E-state index in [1.165, 1.54) is 0 Å². The number of aliphatic hydroxyl groups excluding tert-OH is 1. The Balaban J connectivity index is 0.00000155. The summed E-state index contributed by atoms with van der Waals surface area (Å²) in [5, 5.41) is 27.7. The van der Waals surface area contributed by atoms with Gasteiger partial charge in [0.1, 0.15) is 5.75 Å². The molecule has 5 N–H and O–H groups in total. The van der Waals surface area contributed by atoms with Gasteiger partial charge in [-0.2, -0.15) is 0 Å². The molecule has 10 nitrogen and oxygen atoms in total. The second kappa shape index (κ2) is 16.8. The zero-order valence-electron chi connectivity index (χ0n) is 24.1. The molecule has 3 aromatic rings. The standard InChI is InChI=1S/C31H38N4O4.CH2O2/c1-3-33-25-17-24(18-26(19-25)35-14-8-13-30(35)37)31(38)34-28(16-22-9-5-4-6-10-22)29(36)21-32-20-23-11-7-12-27(15-23)39-2;2-1-3/h4-7,9-12,15,17-19,28-29,32-33,36H,3,8,13-14,16,20-21H2,1-2H3,(H,34,38);1H,(H,2,3)/t28-,29+;/m0./s1. The Morgan fingerprint density at radius 2 is 1.81 bits per heavy atom. The molecule has 42 heavy (non-hydrogen) atoms. The number of hydrogen-bond donors (Lipinski definition) is 5. The van der Waals surface area contributed by atoms with Crippen LogP contribution in [0.15, 0.2) is 72.8 Å². The molecule has 0 unspecified atom stereocenters. The second-order valence-electron chi connectivity index (χ2n) is 9.87. The number of nitrogens with one attached hydrogen (secondary N) is 3. The van der Waals surface area contributed by atoms with Crippen molar-refractivity contribution >= 4 is 29.7 Å². The van der Waals surface area contributed by atoms with Gasteiger partial charge in [-0.05, 0) is 61.2 Å². The summed E-state index contributed by atoms with van der Waals surface area (Å²) in [7, 11) is 1.63. The SMILES string of the molecule is CCNc1cc(C(=O)N[C@@H](Cc2ccccc2)[C@H](O)CNCc2cccc(OC)c2)cc(N2CCCC2=O)c1.O=CO. The summed E-state index contributed by atoms with van der Waals surface area (Å²) < 4.78 is 5.29. The molecule has 0 bridgehead atoms. The van der Waals surface area contributed by atoms with Crippen LogP contribution in [-0.4, -0.2) is 67.4 Å². The number of carbonyl (C=O) groups is 3. The van der Waals surface area contributed by atoms with Crippen molar-refractivity contribution in [3.63, 3.8) is 0 Å². The van der Waals surface area contributed by atoms with Gasteiger partial charge < -0.3 is 35.8 Å². The van der Waals surface area contributed by atoms with Crippen molar-refractivity contribution in [2.45, 2.75) is 44.9 Å². The van der Waals surface area contributed by atoms with E-state index in [0.29, 0.717) is 50.3 Å². The predicted molar refractivity (Wildman–Crippen MR) is 163 cm³/mol. The highest BCUT2D eigenvalue weighted by Crippen LogP contribution is 2.27. The number of ether oxygens (including phenoxy) is 1. The van der Waals surface area contributed by atoms with Crippen LogP contribution in [0.1, 0.15) is 41.3 Å². The Morgan fingerprint density at radius 1 is 1.07 bits per heavy atom. The average Bonchev–Trinajstić information content (AvgIpc) is 3.43. The molecule has 2 amide bonds. The number of carboxylic acid groups (broad SMARTS) is 1. The highest BCUT2D eigenvalue weighted by molar-refractivity contribution is 6.00. The number of rotatable bonds is 13. The van der Waals surface area contributed by atoms with Crippen LogP contribution < -0.4 is 25.6 Å². The lowest BCUT2D eigenvalue weighted by Crippen LogP contribution is -2.48. The van der Waals surface area contributed by atoms with Gasteiger partial charge in [0, 0.05) is 49.5 Å². The molecule has 0 aromatic heterocycles. The van der Waals surface area contributed by atoms with E-state index in [4.69, 9.17) is 14.6 Å². The Bertz CT molecular complexity index is 1300. The topological polar surface area (TPSA) is 140 Å². The predicted octanol–water partition coefficient (Wildman–Crippen LogP) is 3.45. The van der Waals surface area contributed by atoms with Gasteiger partial charge in [0.2, 0.25) is 5.91 Å². The van der Waals surface area contributed by atoms with E-state index < -0.39 is 12.1 Å². The van der Waals surface area contributed by atoms with Crippen LogP contribution in [0.25, 0.3) is 0 Å². The first kappa shape index (κ1) is 32.1. The summed E-state index contributed by atoms with van der Waals surface area (Å²) in [4.78, 5) is 36.0. The van der Waals surface area contributed by atoms with Gasteiger partial charge in [-0.3, -0.25) is 14.4 Å². The van der Waals surface area contributed by atoms with Crippen LogP contribution in [0.5, 0.6) is 5.75 Å². The quantitative estimate of drug-likeness (QED) is 0.195. The summed E-state index contributed by atoms with van der Waals surface area (Å²) in [6, 6.07) is 22.5. The number of carbonyl (C=O) groups excluding carboxylic acids is 2. The van der Waals surface area contributed by atoms with E-state index in [2.05, 4.69) is 16.0 Å². The van der Waals surface area contributed by atoms with Crippen LogP contribution in [0, 0.1) is 0 Å². The minimum absolute atomic E-state index is 0.0643. The molecule has 4 rings (SSSR count). The minimum Gasteiger partial charge on any atom is -0.497 e. The van der Waals surface area contributed by atoms with Crippen LogP contribution in [0.4, 0.5) is 11.4 Å². The van der Waals surface area contributed by atoms with Crippen molar-refractivity contribution in [1.29, 1.82) is 0 Å². The largest absolute Gasteiger partial charge is 0.497 e. The van der Waals surface area contributed by atoms with Gasteiger partial charge in [-0.25, -0.2) is 0 Å². The van der Waals surface area contributed by atoms with Crippen molar-refractivity contribution in [1.82, 2.24) is 10.6 Å². The van der Waals surface area contributed by atoms with E-state index in [-0.39, 0.29) is 18.3 Å². The van der Waals surface area contributed by atoms with Crippen molar-refractivity contribution in [2.24, 2.45) is 0 Å². The van der Waals surface area contributed by atoms with Crippen molar-refractivity contribution in [3.8, 4) is 5.75 Å². The van der Waals surface area contributed by atoms with E-state index in [9.17, 15) is 14.7 Å². The molecule has 1 saturated heterocycles. The Hall–Kier alpha value is -4.41. The van der Waals surface area contributed by atoms with Crippen molar-refractivity contribution in [2.75, 3.05) is 37.0 Å². The lowest BCUT2D eigenvalue weighted by Gasteiger charge is -2.25. The summed E-state index contributed by atoms with van der Waals surface area (Å²) in [5.74, 6) is 0.545. The Kier molecular flexibility index (Phi) is 12.8. The maximum absolute atomic E-state index is 13.5. The molecule has 1 aliphatic heterocycles. The smallest absolute Gasteiger partial charge is 0.290 e. The molecule has 1 fully saturated rings. The summed E-state index contributed by atoms with van der Waals surface area (Å²) >= 11 is 0. The van der Waals surface area contributed by atoms with E-state index in [0.717, 1.165) is 29.0 Å². The Labute approximate surface area is 246 Å². The van der Waals surface area contributed by atoms with Crippen molar-refractivity contribution < 1.29 is 29.3 Å². The zero-order chi connectivity index (χ0) is 30.3. The van der Waals surface area contributed by atoms with Crippen molar-refractivity contribution in [3.05, 3.63) is 89.5 Å². The number of benzene rings is 3. The first-order valence-corrected chi connectivity index (χ1v) is 14.0. The normalized spacial score (nSPS) is 13.9. The summed E-state index contributed by atoms with van der Waals surface area (Å²) in [6.07, 6.45) is 0.955. The summed E-state index contributed by atoms with van der Waals surface area (Å²) in [5.41, 5.74) is 3.98. The minimum atomic E-state index is -0.837. The molecule has 0 saturated carbocycles. The van der Waals surface area contributed by atoms with Gasteiger partial charge in [0.25, 0.3) is 12.4 Å². The molecule has 0 spiro atoms. The average molecular weight is 577 g/mol. The number of anilines is 2. The first-order valence-electron chi connectivity index (χ1n) is 14.0. The first-order chi connectivity index (χ1) is 20.4. The zero-order valence-corrected chi connectivity index (χ0v) is 24.1. The highest BCUT2D eigenvalue weighted by Gasteiger charge is 2.25. The maximum atomic E-state index is 13.5. The molecular weight excluding hydrogens is 536 g/mol. The molecule has 1 heterocycles. The molecular formula is C32H40N4O6. The number of hydrogen-bond acceptors (Lipinski definition) is 7. The van der Waals surface area contributed by atoms with E-state index in [1.54, 1.807) is 24.1 Å². The van der Waals surface area contributed by atoms with Gasteiger partial charge in [-0.1, -0.05) is 42.5 Å². The number of aliphatic hydroxyl groups is 1. The fourth-order valence-corrected chi connectivity index (χ4v) is 4.82. The molecule has 3 aromatic carbocycles. The molecule has 2 atom stereocenters. The summed E-state index contributed by atoms with van der Waals surface area (Å²) in [6.45, 7) is 3.91. The number of methoxy groups -OCH3 is 1. The second-order valence-corrected chi connectivity index (χ2v) is 9.87. The van der Waals surface area contributed by atoms with Crippen LogP contribution in [0.3, 0.4) is 0 Å². The Morgan fingerprint density at radius 3 is 2.48 bits per heavy atom. The molecule has 224 valence electrons. The highest BCUT2D eigenvalue weighted by atomic mass is 16.5. The van der Waals surface area contributed by atoms with E-state index in [1.807, 2.05) is 67.6 Å². The molecule has 1 aliphatic rings. The van der Waals surface area contributed by atoms with Gasteiger partial charge in [0.15, 0.2) is 0 Å². The number of nitrogens with zero attached hydrogens (tertiary/aromatic N) is 1. The lowest BCUT2D eigenvalue weighted by molar-refractivity contribution is -0.123. The third-order valence-corrected chi connectivity index (χ3v) is 6.84. The maximum Gasteiger partial charge on any atom is 0.290 e. The van der Waals surface area contributed by atoms with Crippen LogP contribution >= 0.6 is 0 Å². The third-order valence-electron chi connectivity index (χ3n) is 6.84. The van der Waals surface area contributed by atoms with Crippen LogP contribution in [-0.2, 0) is 22.6 Å². The molecule has 0 radical (unpaired) electrons. The van der Waals surface area contributed by atoms with Gasteiger partial charge in [-0.15, -0.1) is 0 Å². The number of amides is 2. The monoisotopic (exact) mass is 576 g/mol. The molecule has 0 aliphatic carbocycles.